The van der Waals surface area contributed by atoms with E-state index in [9.17, 15) is 14.7 Å². The molecule has 0 aromatic rings. The van der Waals surface area contributed by atoms with E-state index >= 15 is 0 Å². The van der Waals surface area contributed by atoms with Crippen molar-refractivity contribution >= 4 is 20.1 Å². The molecular formula is C29H46O6Si. The molecule has 0 bridgehead atoms. The van der Waals surface area contributed by atoms with Crippen molar-refractivity contribution in [1.29, 1.82) is 0 Å². The number of carbonyl (C=O) groups is 2. The molecule has 6 atom stereocenters. The van der Waals surface area contributed by atoms with E-state index in [0.29, 0.717) is 0 Å². The van der Waals surface area contributed by atoms with Gasteiger partial charge in [0, 0.05) is 17.9 Å². The molecule has 0 amide bonds. The number of rotatable bonds is 5. The monoisotopic (exact) mass is 518 g/mol. The van der Waals surface area contributed by atoms with Crippen molar-refractivity contribution in [3.05, 3.63) is 37.0 Å². The number of ketones is 1. The zero-order valence-corrected chi connectivity index (χ0v) is 24.9. The fraction of sp³-hybridized carbons (Fsp3) is 0.724. The molecule has 0 aromatic carbocycles. The van der Waals surface area contributed by atoms with Gasteiger partial charge >= 0.3 is 5.97 Å². The summed E-state index contributed by atoms with van der Waals surface area (Å²) in [6.45, 7) is 28.2. The Balaban J connectivity index is 2.33. The number of aliphatic hydroxyl groups is 1. The summed E-state index contributed by atoms with van der Waals surface area (Å²) in [6, 6.07) is 0. The van der Waals surface area contributed by atoms with Crippen molar-refractivity contribution in [2.75, 3.05) is 0 Å². The molecule has 3 aliphatic rings. The first kappa shape index (κ1) is 29.0. The summed E-state index contributed by atoms with van der Waals surface area (Å²) in [5.41, 5.74) is -2.88. The van der Waals surface area contributed by atoms with E-state index in [1.54, 1.807) is 26.0 Å². The lowest BCUT2D eigenvalue weighted by Gasteiger charge is -2.66. The zero-order chi connectivity index (χ0) is 27.8. The third kappa shape index (κ3) is 4.20. The summed E-state index contributed by atoms with van der Waals surface area (Å²) in [5, 5.41) is 12.1. The quantitative estimate of drug-likeness (QED) is 0.161. The summed E-state index contributed by atoms with van der Waals surface area (Å²) >= 11 is 0. The van der Waals surface area contributed by atoms with E-state index in [4.69, 9.17) is 13.9 Å². The number of carbonyl (C=O) groups excluding carboxylic acids is 2. The minimum absolute atomic E-state index is 0.0209. The molecule has 0 unspecified atom stereocenters. The highest BCUT2D eigenvalue weighted by Crippen LogP contribution is 2.66. The van der Waals surface area contributed by atoms with E-state index in [2.05, 4.69) is 67.8 Å². The second-order valence-electron chi connectivity index (χ2n) is 13.8. The Bertz CT molecular complexity index is 1010. The van der Waals surface area contributed by atoms with Gasteiger partial charge in [-0.2, -0.15) is 0 Å². The molecule has 36 heavy (non-hydrogen) atoms. The van der Waals surface area contributed by atoms with Gasteiger partial charge < -0.3 is 19.0 Å². The fourth-order valence-electron chi connectivity index (χ4n) is 6.53. The van der Waals surface area contributed by atoms with Crippen LogP contribution in [-0.2, 0) is 23.5 Å². The van der Waals surface area contributed by atoms with Crippen LogP contribution in [0.1, 0.15) is 74.7 Å². The minimum atomic E-state index is -2.22. The van der Waals surface area contributed by atoms with E-state index < -0.39 is 42.6 Å². The summed E-state index contributed by atoms with van der Waals surface area (Å²) in [6.07, 6.45) is 5.65. The fourth-order valence-corrected chi connectivity index (χ4v) is 7.96. The van der Waals surface area contributed by atoms with Crippen LogP contribution in [0.2, 0.25) is 18.1 Å². The van der Waals surface area contributed by atoms with Crippen LogP contribution < -0.4 is 0 Å². The maximum absolute atomic E-state index is 14.2. The Morgan fingerprint density at radius 1 is 1.19 bits per heavy atom. The molecule has 1 heterocycles. The highest BCUT2D eigenvalue weighted by atomic mass is 28.4. The first-order valence-corrected chi connectivity index (χ1v) is 15.9. The molecule has 0 aromatic heterocycles. The van der Waals surface area contributed by atoms with Gasteiger partial charge in [0.2, 0.25) is 0 Å². The van der Waals surface area contributed by atoms with Gasteiger partial charge in [0.25, 0.3) is 5.79 Å². The molecule has 1 saturated heterocycles. The number of hydrogen-bond donors (Lipinski definition) is 1. The first-order chi connectivity index (χ1) is 16.1. The van der Waals surface area contributed by atoms with Crippen LogP contribution in [0.4, 0.5) is 0 Å². The van der Waals surface area contributed by atoms with Gasteiger partial charge in [-0.15, -0.1) is 6.58 Å². The number of fused-ring (bicyclic) bond motifs is 3. The lowest BCUT2D eigenvalue weighted by molar-refractivity contribution is -0.328. The average Bonchev–Trinajstić information content (AvgIpc) is 2.71. The summed E-state index contributed by atoms with van der Waals surface area (Å²) in [4.78, 5) is 26.6. The van der Waals surface area contributed by atoms with E-state index in [1.807, 2.05) is 0 Å². The molecular weight excluding hydrogens is 472 g/mol. The number of ether oxygens (including phenoxy) is 2. The third-order valence-corrected chi connectivity index (χ3v) is 14.1. The van der Waals surface area contributed by atoms with Crippen LogP contribution in [0.5, 0.6) is 0 Å². The van der Waals surface area contributed by atoms with Crippen LogP contribution in [0.25, 0.3) is 0 Å². The Kier molecular flexibility index (Phi) is 6.84. The molecule has 7 heteroatoms. The van der Waals surface area contributed by atoms with Gasteiger partial charge in [0.05, 0.1) is 17.6 Å². The molecule has 202 valence electrons. The van der Waals surface area contributed by atoms with Gasteiger partial charge in [0.1, 0.15) is 11.4 Å². The Morgan fingerprint density at radius 3 is 2.28 bits per heavy atom. The minimum Gasteiger partial charge on any atom is -0.423 e. The second kappa shape index (κ2) is 8.48. The highest BCUT2D eigenvalue weighted by Gasteiger charge is 2.73. The van der Waals surface area contributed by atoms with Crippen LogP contribution in [0, 0.1) is 16.7 Å². The smallest absolute Gasteiger partial charge is 0.333 e. The predicted octanol–water partition coefficient (Wildman–Crippen LogP) is 5.87. The summed E-state index contributed by atoms with van der Waals surface area (Å²) in [5.74, 6) is -3.85. The van der Waals surface area contributed by atoms with Crippen molar-refractivity contribution in [1.82, 2.24) is 0 Å². The zero-order valence-electron chi connectivity index (χ0n) is 23.9. The molecule has 1 aliphatic heterocycles. The topological polar surface area (TPSA) is 82.1 Å². The number of Topliss-reactive ketones (excluding diaryl/α,β-unsaturated/α-hetero) is 1. The van der Waals surface area contributed by atoms with Gasteiger partial charge in [-0.1, -0.05) is 59.8 Å². The Morgan fingerprint density at radius 2 is 1.78 bits per heavy atom. The molecule has 1 saturated carbocycles. The third-order valence-electron chi connectivity index (χ3n) is 9.60. The molecule has 1 N–H and O–H groups in total. The van der Waals surface area contributed by atoms with Crippen molar-refractivity contribution in [3.63, 3.8) is 0 Å². The second-order valence-corrected chi connectivity index (χ2v) is 18.5. The van der Waals surface area contributed by atoms with Crippen LogP contribution in [0.15, 0.2) is 37.0 Å². The molecule has 6 nitrogen and oxygen atoms in total. The van der Waals surface area contributed by atoms with Crippen molar-refractivity contribution in [3.8, 4) is 0 Å². The van der Waals surface area contributed by atoms with E-state index in [0.717, 1.165) is 24.5 Å². The lowest BCUT2D eigenvalue weighted by atomic mass is 9.46. The van der Waals surface area contributed by atoms with Crippen LogP contribution >= 0.6 is 0 Å². The summed E-state index contributed by atoms with van der Waals surface area (Å²) < 4.78 is 19.3. The van der Waals surface area contributed by atoms with Crippen molar-refractivity contribution < 1.29 is 28.6 Å². The number of esters is 1. The molecule has 2 aliphatic carbocycles. The number of hydrogen-bond acceptors (Lipinski definition) is 6. The van der Waals surface area contributed by atoms with E-state index in [1.165, 1.54) is 0 Å². The standard InChI is InChI=1S/C29H46O6Si/c1-13-22(31)33-29(32)18-20-25(6,7)16-15-21(34-36(11,12)24(3,4)5)27(20,9)23-19(30)17-26(8,14-2)35-28(23,29)10/h13-14,18,21,23,32H,1-2,15-17H2,3-12H3/t21-,23+,26-,27+,28-,29-/m0/s1. The van der Waals surface area contributed by atoms with Crippen molar-refractivity contribution in [2.45, 2.75) is 116 Å². The first-order valence-electron chi connectivity index (χ1n) is 13.0. The van der Waals surface area contributed by atoms with Crippen LogP contribution in [-0.4, -0.2) is 48.3 Å². The lowest BCUT2D eigenvalue weighted by Crippen LogP contribution is -2.75. The molecule has 0 radical (unpaired) electrons. The summed E-state index contributed by atoms with van der Waals surface area (Å²) in [7, 11) is -2.22. The van der Waals surface area contributed by atoms with Gasteiger partial charge in [-0.05, 0) is 56.3 Å². The molecule has 0 spiro atoms. The Labute approximate surface area is 218 Å². The molecule has 3 rings (SSSR count). The average molecular weight is 519 g/mol. The SMILES string of the molecule is C=CC(=O)O[C@@]1(O)C=C2C(C)(C)CC[C@H](O[Si](C)(C)C(C)(C)C)[C@]2(C)[C@H]2C(=O)C[C@](C)(C=C)O[C@@]21C. The van der Waals surface area contributed by atoms with Gasteiger partial charge in [-0.3, -0.25) is 4.79 Å². The largest absolute Gasteiger partial charge is 0.423 e. The maximum atomic E-state index is 14.2. The maximum Gasteiger partial charge on any atom is 0.333 e. The normalized spacial score (nSPS) is 40.4. The Hall–Kier alpha value is -1.54. The highest BCUT2D eigenvalue weighted by molar-refractivity contribution is 6.74. The molecule has 2 fully saturated rings. The van der Waals surface area contributed by atoms with Crippen LogP contribution in [0.3, 0.4) is 0 Å². The van der Waals surface area contributed by atoms with Crippen molar-refractivity contribution in [2.24, 2.45) is 16.7 Å². The van der Waals surface area contributed by atoms with Gasteiger partial charge in [0.15, 0.2) is 8.32 Å². The predicted molar refractivity (Wildman–Crippen MR) is 144 cm³/mol. The van der Waals surface area contributed by atoms with E-state index in [-0.39, 0.29) is 28.8 Å². The van der Waals surface area contributed by atoms with Gasteiger partial charge in [-0.25, -0.2) is 4.79 Å².